The fourth-order valence-corrected chi connectivity index (χ4v) is 1.32. The van der Waals surface area contributed by atoms with Crippen LogP contribution in [0.1, 0.15) is 12.8 Å². The van der Waals surface area contributed by atoms with Crippen LogP contribution in [0.4, 0.5) is 5.69 Å². The lowest BCUT2D eigenvalue weighted by atomic mass is 10.2. The highest BCUT2D eigenvalue weighted by molar-refractivity contribution is 5.76. The third-order valence-corrected chi connectivity index (χ3v) is 2.14. The van der Waals surface area contributed by atoms with Gasteiger partial charge in [0.2, 0.25) is 0 Å². The molecule has 0 aliphatic heterocycles. The summed E-state index contributed by atoms with van der Waals surface area (Å²) in [6.45, 7) is 0.934. The van der Waals surface area contributed by atoms with Crippen molar-refractivity contribution in [1.82, 2.24) is 0 Å². The lowest BCUT2D eigenvalue weighted by molar-refractivity contribution is 0.812. The van der Waals surface area contributed by atoms with Crippen LogP contribution in [-0.2, 0) is 0 Å². The Bertz CT molecular complexity index is 282. The standard InChI is InChI=1S/C11H17N3/c1-14(9-5-8-11(12)13)10-6-3-2-4-7-10/h2-4,6-7H,5,8-9H2,1H3,(H3,12,13). The number of benzene rings is 1. The van der Waals surface area contributed by atoms with Gasteiger partial charge in [-0.25, -0.2) is 0 Å². The number of anilines is 1. The first-order chi connectivity index (χ1) is 6.70. The molecule has 1 aromatic carbocycles. The van der Waals surface area contributed by atoms with Gasteiger partial charge in [0, 0.05) is 25.7 Å². The van der Waals surface area contributed by atoms with Crippen LogP contribution >= 0.6 is 0 Å². The molecule has 0 aliphatic carbocycles. The second-order valence-electron chi connectivity index (χ2n) is 3.39. The van der Waals surface area contributed by atoms with Crippen LogP contribution in [0.5, 0.6) is 0 Å². The van der Waals surface area contributed by atoms with Gasteiger partial charge >= 0.3 is 0 Å². The molecule has 0 spiro atoms. The van der Waals surface area contributed by atoms with E-state index in [1.165, 1.54) is 5.69 Å². The topological polar surface area (TPSA) is 53.1 Å². The second-order valence-corrected chi connectivity index (χ2v) is 3.39. The van der Waals surface area contributed by atoms with Gasteiger partial charge in [-0.1, -0.05) is 18.2 Å². The SMILES string of the molecule is CN(CCCC(=N)N)c1ccccc1. The zero-order chi connectivity index (χ0) is 10.4. The third-order valence-electron chi connectivity index (χ3n) is 2.14. The average Bonchev–Trinajstić information content (AvgIpc) is 2.18. The van der Waals surface area contributed by atoms with Gasteiger partial charge < -0.3 is 10.6 Å². The number of nitrogens with zero attached hydrogens (tertiary/aromatic N) is 1. The number of hydrogen-bond donors (Lipinski definition) is 2. The van der Waals surface area contributed by atoms with Crippen molar-refractivity contribution in [3.63, 3.8) is 0 Å². The fourth-order valence-electron chi connectivity index (χ4n) is 1.32. The summed E-state index contributed by atoms with van der Waals surface area (Å²) < 4.78 is 0. The first kappa shape index (κ1) is 10.6. The third kappa shape index (κ3) is 3.47. The highest BCUT2D eigenvalue weighted by Gasteiger charge is 1.99. The van der Waals surface area contributed by atoms with E-state index in [1.54, 1.807) is 0 Å². The molecule has 3 heteroatoms. The minimum atomic E-state index is 0.270. The highest BCUT2D eigenvalue weighted by atomic mass is 15.1. The number of para-hydroxylation sites is 1. The molecular weight excluding hydrogens is 174 g/mol. The van der Waals surface area contributed by atoms with Gasteiger partial charge in [0.05, 0.1) is 5.84 Å². The van der Waals surface area contributed by atoms with Crippen molar-refractivity contribution < 1.29 is 0 Å². The second kappa shape index (κ2) is 5.27. The molecule has 1 rings (SSSR count). The predicted octanol–water partition coefficient (Wildman–Crippen LogP) is 1.84. The Kier molecular flexibility index (Phi) is 3.98. The lowest BCUT2D eigenvalue weighted by Gasteiger charge is -2.18. The minimum Gasteiger partial charge on any atom is -0.388 e. The maximum Gasteiger partial charge on any atom is 0.0905 e. The van der Waals surface area contributed by atoms with E-state index in [-0.39, 0.29) is 5.84 Å². The zero-order valence-electron chi connectivity index (χ0n) is 8.53. The van der Waals surface area contributed by atoms with Crippen molar-refractivity contribution in [3.05, 3.63) is 30.3 Å². The largest absolute Gasteiger partial charge is 0.388 e. The van der Waals surface area contributed by atoms with Gasteiger partial charge in [-0.2, -0.15) is 0 Å². The van der Waals surface area contributed by atoms with E-state index in [9.17, 15) is 0 Å². The molecule has 0 aromatic heterocycles. The van der Waals surface area contributed by atoms with Crippen LogP contribution in [0.2, 0.25) is 0 Å². The van der Waals surface area contributed by atoms with Crippen LogP contribution in [-0.4, -0.2) is 19.4 Å². The van der Waals surface area contributed by atoms with Crippen LogP contribution < -0.4 is 10.6 Å². The molecule has 76 valence electrons. The molecule has 0 amide bonds. The van der Waals surface area contributed by atoms with E-state index in [2.05, 4.69) is 24.1 Å². The molecule has 3 N–H and O–H groups in total. The van der Waals surface area contributed by atoms with Gasteiger partial charge in [0.1, 0.15) is 0 Å². The summed E-state index contributed by atoms with van der Waals surface area (Å²) in [6, 6.07) is 10.2. The Morgan fingerprint density at radius 1 is 1.36 bits per heavy atom. The van der Waals surface area contributed by atoms with Gasteiger partial charge in [0.25, 0.3) is 0 Å². The predicted molar refractivity (Wildman–Crippen MR) is 60.9 cm³/mol. The van der Waals surface area contributed by atoms with Crippen molar-refractivity contribution in [2.75, 3.05) is 18.5 Å². The molecule has 3 nitrogen and oxygen atoms in total. The number of nitrogens with one attached hydrogen (secondary N) is 1. The number of rotatable bonds is 5. The Balaban J connectivity index is 2.36. The summed E-state index contributed by atoms with van der Waals surface area (Å²) in [7, 11) is 2.05. The van der Waals surface area contributed by atoms with Crippen LogP contribution in [0.3, 0.4) is 0 Å². The maximum absolute atomic E-state index is 7.10. The molecular formula is C11H17N3. The van der Waals surface area contributed by atoms with Crippen LogP contribution in [0, 0.1) is 5.41 Å². The summed E-state index contributed by atoms with van der Waals surface area (Å²) in [6.07, 6.45) is 1.61. The molecule has 0 atom stereocenters. The summed E-state index contributed by atoms with van der Waals surface area (Å²) in [5.41, 5.74) is 6.49. The molecule has 0 fully saturated rings. The minimum absolute atomic E-state index is 0.270. The lowest BCUT2D eigenvalue weighted by Crippen LogP contribution is -2.20. The van der Waals surface area contributed by atoms with Gasteiger partial charge in [-0.05, 0) is 18.6 Å². The van der Waals surface area contributed by atoms with Crippen molar-refractivity contribution in [1.29, 1.82) is 5.41 Å². The smallest absolute Gasteiger partial charge is 0.0905 e. The van der Waals surface area contributed by atoms with E-state index < -0.39 is 0 Å². The quantitative estimate of drug-likeness (QED) is 0.551. The molecule has 1 aromatic rings. The molecule has 0 heterocycles. The number of nitrogens with two attached hydrogens (primary N) is 1. The van der Waals surface area contributed by atoms with Gasteiger partial charge in [-0.15, -0.1) is 0 Å². The van der Waals surface area contributed by atoms with E-state index in [1.807, 2.05) is 18.2 Å². The van der Waals surface area contributed by atoms with E-state index in [0.717, 1.165) is 13.0 Å². The molecule has 14 heavy (non-hydrogen) atoms. The van der Waals surface area contributed by atoms with Crippen LogP contribution in [0.25, 0.3) is 0 Å². The maximum atomic E-state index is 7.10. The van der Waals surface area contributed by atoms with Crippen molar-refractivity contribution >= 4 is 11.5 Å². The Hall–Kier alpha value is -1.51. The Labute approximate surface area is 85.0 Å². The number of hydrogen-bond acceptors (Lipinski definition) is 2. The van der Waals surface area contributed by atoms with Gasteiger partial charge in [0.15, 0.2) is 0 Å². The first-order valence-electron chi connectivity index (χ1n) is 4.79. The average molecular weight is 191 g/mol. The van der Waals surface area contributed by atoms with Crippen molar-refractivity contribution in [3.8, 4) is 0 Å². The number of amidine groups is 1. The zero-order valence-corrected chi connectivity index (χ0v) is 8.53. The summed E-state index contributed by atoms with van der Waals surface area (Å²) >= 11 is 0. The van der Waals surface area contributed by atoms with E-state index in [4.69, 9.17) is 11.1 Å². The first-order valence-corrected chi connectivity index (χ1v) is 4.79. The Morgan fingerprint density at radius 2 is 2.00 bits per heavy atom. The monoisotopic (exact) mass is 191 g/mol. The molecule has 0 aliphatic rings. The molecule has 0 unspecified atom stereocenters. The summed E-state index contributed by atoms with van der Waals surface area (Å²) in [5.74, 6) is 0.270. The molecule has 0 bridgehead atoms. The van der Waals surface area contributed by atoms with Crippen molar-refractivity contribution in [2.24, 2.45) is 5.73 Å². The highest BCUT2D eigenvalue weighted by Crippen LogP contribution is 2.11. The summed E-state index contributed by atoms with van der Waals surface area (Å²) in [4.78, 5) is 2.17. The normalized spacial score (nSPS) is 9.79. The van der Waals surface area contributed by atoms with Gasteiger partial charge in [-0.3, -0.25) is 5.41 Å². The van der Waals surface area contributed by atoms with E-state index in [0.29, 0.717) is 6.42 Å². The van der Waals surface area contributed by atoms with E-state index >= 15 is 0 Å². The Morgan fingerprint density at radius 3 is 2.57 bits per heavy atom. The fraction of sp³-hybridized carbons (Fsp3) is 0.364. The molecule has 0 saturated heterocycles. The molecule has 0 saturated carbocycles. The molecule has 0 radical (unpaired) electrons. The van der Waals surface area contributed by atoms with Crippen molar-refractivity contribution in [2.45, 2.75) is 12.8 Å². The summed E-state index contributed by atoms with van der Waals surface area (Å²) in [5, 5.41) is 7.10. The van der Waals surface area contributed by atoms with Crippen LogP contribution in [0.15, 0.2) is 30.3 Å².